The first-order valence-corrected chi connectivity index (χ1v) is 7.96. The predicted octanol–water partition coefficient (Wildman–Crippen LogP) is 4.47. The van der Waals surface area contributed by atoms with E-state index < -0.39 is 0 Å². The van der Waals surface area contributed by atoms with Gasteiger partial charge in [-0.25, -0.2) is 0 Å². The van der Waals surface area contributed by atoms with E-state index in [1.807, 2.05) is 0 Å². The molecule has 0 bridgehead atoms. The number of hydrogen-bond acceptors (Lipinski definition) is 2. The number of benzene rings is 1. The van der Waals surface area contributed by atoms with Crippen LogP contribution >= 0.6 is 0 Å². The van der Waals surface area contributed by atoms with Gasteiger partial charge < -0.3 is 5.32 Å². The Kier molecular flexibility index (Phi) is 4.31. The number of hydrogen-bond donors (Lipinski definition) is 1. The lowest BCUT2D eigenvalue weighted by atomic mass is 9.81. The molecule has 1 aromatic carbocycles. The van der Waals surface area contributed by atoms with E-state index >= 15 is 0 Å². The maximum Gasteiger partial charge on any atom is 0.0702 e. The van der Waals surface area contributed by atoms with Crippen molar-refractivity contribution < 1.29 is 0 Å². The maximum absolute atomic E-state index is 4.64. The smallest absolute Gasteiger partial charge is 0.0702 e. The van der Waals surface area contributed by atoms with E-state index in [4.69, 9.17) is 0 Å². The summed E-state index contributed by atoms with van der Waals surface area (Å²) >= 11 is 0. The van der Waals surface area contributed by atoms with Crippen molar-refractivity contribution in [2.45, 2.75) is 45.1 Å². The lowest BCUT2D eigenvalue weighted by molar-refractivity contribution is 0.274. The molecule has 0 radical (unpaired) electrons. The van der Waals surface area contributed by atoms with Crippen molar-refractivity contribution in [3.63, 3.8) is 0 Å². The molecular weight excluding hydrogens is 244 g/mol. The number of nitrogens with one attached hydrogen (secondary N) is 1. The molecule has 1 aliphatic carbocycles. The molecule has 2 nitrogen and oxygen atoms in total. The summed E-state index contributed by atoms with van der Waals surface area (Å²) in [4.78, 5) is 4.64. The molecule has 1 aliphatic rings. The highest BCUT2D eigenvalue weighted by Gasteiger charge is 2.24. The zero-order chi connectivity index (χ0) is 13.8. The summed E-state index contributed by atoms with van der Waals surface area (Å²) in [6.07, 6.45) is 8.95. The molecule has 1 heterocycles. The van der Waals surface area contributed by atoms with Crippen molar-refractivity contribution in [3.05, 3.63) is 42.1 Å². The monoisotopic (exact) mass is 268 g/mol. The first-order chi connectivity index (χ1) is 9.88. The fraction of sp³-hybridized carbons (Fsp3) is 0.500. The highest BCUT2D eigenvalue weighted by molar-refractivity contribution is 5.78. The standard InChI is InChI=1S/C18H24N2/c1-2-19-18(14-8-4-3-5-9-14)16-12-15-10-6-7-11-17(15)20-13-16/h6-7,10-14,18-19H,2-5,8-9H2,1H3. The summed E-state index contributed by atoms with van der Waals surface area (Å²) in [6.45, 7) is 3.22. The van der Waals surface area contributed by atoms with Gasteiger partial charge in [-0.15, -0.1) is 0 Å². The second-order valence-electron chi connectivity index (χ2n) is 5.89. The fourth-order valence-corrected chi connectivity index (χ4v) is 3.50. The van der Waals surface area contributed by atoms with Gasteiger partial charge in [-0.05, 0) is 43.0 Å². The van der Waals surface area contributed by atoms with Gasteiger partial charge in [0.1, 0.15) is 0 Å². The first kappa shape index (κ1) is 13.6. The minimum atomic E-state index is 0.470. The van der Waals surface area contributed by atoms with Crippen molar-refractivity contribution in [1.82, 2.24) is 10.3 Å². The quantitative estimate of drug-likeness (QED) is 0.885. The van der Waals surface area contributed by atoms with Crippen LogP contribution in [-0.4, -0.2) is 11.5 Å². The summed E-state index contributed by atoms with van der Waals surface area (Å²) < 4.78 is 0. The van der Waals surface area contributed by atoms with E-state index in [1.165, 1.54) is 43.1 Å². The molecular formula is C18H24N2. The van der Waals surface area contributed by atoms with Crippen LogP contribution in [0.25, 0.3) is 10.9 Å². The molecule has 1 N–H and O–H groups in total. The van der Waals surface area contributed by atoms with Gasteiger partial charge in [-0.3, -0.25) is 4.98 Å². The van der Waals surface area contributed by atoms with E-state index in [9.17, 15) is 0 Å². The van der Waals surface area contributed by atoms with Gasteiger partial charge >= 0.3 is 0 Å². The average molecular weight is 268 g/mol. The summed E-state index contributed by atoms with van der Waals surface area (Å²) in [7, 11) is 0. The summed E-state index contributed by atoms with van der Waals surface area (Å²) in [5.41, 5.74) is 2.45. The summed E-state index contributed by atoms with van der Waals surface area (Å²) in [5, 5.41) is 4.95. The Morgan fingerprint density at radius 2 is 2.00 bits per heavy atom. The highest BCUT2D eigenvalue weighted by atomic mass is 14.9. The van der Waals surface area contributed by atoms with Gasteiger partial charge in [-0.1, -0.05) is 44.4 Å². The van der Waals surface area contributed by atoms with Gasteiger partial charge in [0.2, 0.25) is 0 Å². The van der Waals surface area contributed by atoms with Crippen molar-refractivity contribution in [2.75, 3.05) is 6.54 Å². The highest BCUT2D eigenvalue weighted by Crippen LogP contribution is 2.34. The minimum Gasteiger partial charge on any atom is -0.310 e. The number of aromatic nitrogens is 1. The molecule has 1 aromatic heterocycles. The van der Waals surface area contributed by atoms with Crippen molar-refractivity contribution in [1.29, 1.82) is 0 Å². The van der Waals surface area contributed by atoms with E-state index in [0.717, 1.165) is 18.0 Å². The van der Waals surface area contributed by atoms with Crippen LogP contribution in [0.3, 0.4) is 0 Å². The third kappa shape index (κ3) is 2.85. The second-order valence-corrected chi connectivity index (χ2v) is 5.89. The number of pyridine rings is 1. The van der Waals surface area contributed by atoms with Crippen LogP contribution in [0.15, 0.2) is 36.5 Å². The zero-order valence-electron chi connectivity index (χ0n) is 12.3. The number of para-hydroxylation sites is 1. The van der Waals surface area contributed by atoms with Crippen molar-refractivity contribution in [3.8, 4) is 0 Å². The van der Waals surface area contributed by atoms with Gasteiger partial charge in [0.05, 0.1) is 5.52 Å². The third-order valence-corrected chi connectivity index (χ3v) is 4.52. The molecule has 1 atom stereocenters. The van der Waals surface area contributed by atoms with E-state index in [2.05, 4.69) is 53.8 Å². The van der Waals surface area contributed by atoms with Gasteiger partial charge in [0, 0.05) is 17.6 Å². The first-order valence-electron chi connectivity index (χ1n) is 7.96. The molecule has 0 saturated heterocycles. The molecule has 1 unspecified atom stereocenters. The van der Waals surface area contributed by atoms with Crippen molar-refractivity contribution in [2.24, 2.45) is 5.92 Å². The average Bonchev–Trinajstić information content (AvgIpc) is 2.53. The van der Waals surface area contributed by atoms with Gasteiger partial charge in [0.25, 0.3) is 0 Å². The van der Waals surface area contributed by atoms with Crippen LogP contribution in [0.4, 0.5) is 0 Å². The SMILES string of the molecule is CCNC(c1cnc2ccccc2c1)C1CCCCC1. The molecule has 2 heteroatoms. The second kappa shape index (κ2) is 6.36. The van der Waals surface area contributed by atoms with Crippen LogP contribution in [0.2, 0.25) is 0 Å². The number of fused-ring (bicyclic) bond motifs is 1. The number of nitrogens with zero attached hydrogens (tertiary/aromatic N) is 1. The Balaban J connectivity index is 1.91. The molecule has 0 spiro atoms. The Bertz CT molecular complexity index is 558. The van der Waals surface area contributed by atoms with E-state index in [-0.39, 0.29) is 0 Å². The van der Waals surface area contributed by atoms with Crippen LogP contribution in [0.5, 0.6) is 0 Å². The summed E-state index contributed by atoms with van der Waals surface area (Å²) in [6, 6.07) is 11.2. The predicted molar refractivity (Wildman–Crippen MR) is 84.7 cm³/mol. The molecule has 2 aromatic rings. The number of rotatable bonds is 4. The zero-order valence-corrected chi connectivity index (χ0v) is 12.3. The lowest BCUT2D eigenvalue weighted by Gasteiger charge is -2.31. The van der Waals surface area contributed by atoms with Crippen LogP contribution < -0.4 is 5.32 Å². The topological polar surface area (TPSA) is 24.9 Å². The molecule has 3 rings (SSSR count). The van der Waals surface area contributed by atoms with Gasteiger partial charge in [0.15, 0.2) is 0 Å². The molecule has 1 saturated carbocycles. The van der Waals surface area contributed by atoms with Gasteiger partial charge in [-0.2, -0.15) is 0 Å². The van der Waals surface area contributed by atoms with E-state index in [0.29, 0.717) is 6.04 Å². The molecule has 0 aliphatic heterocycles. The Morgan fingerprint density at radius 1 is 1.20 bits per heavy atom. The largest absolute Gasteiger partial charge is 0.310 e. The van der Waals surface area contributed by atoms with Crippen LogP contribution in [0.1, 0.15) is 50.6 Å². The Hall–Kier alpha value is -1.41. The lowest BCUT2D eigenvalue weighted by Crippen LogP contribution is -2.29. The van der Waals surface area contributed by atoms with Crippen molar-refractivity contribution >= 4 is 10.9 Å². The maximum atomic E-state index is 4.64. The van der Waals surface area contributed by atoms with Crippen LogP contribution in [-0.2, 0) is 0 Å². The minimum absolute atomic E-state index is 0.470. The molecule has 106 valence electrons. The Labute approximate surface area is 121 Å². The fourth-order valence-electron chi connectivity index (χ4n) is 3.50. The molecule has 1 fully saturated rings. The summed E-state index contributed by atoms with van der Waals surface area (Å²) in [5.74, 6) is 0.770. The Morgan fingerprint density at radius 3 is 2.80 bits per heavy atom. The van der Waals surface area contributed by atoms with Crippen LogP contribution in [0, 0.1) is 5.92 Å². The van der Waals surface area contributed by atoms with E-state index in [1.54, 1.807) is 0 Å². The molecule has 0 amide bonds. The third-order valence-electron chi connectivity index (χ3n) is 4.52. The molecule has 20 heavy (non-hydrogen) atoms. The normalized spacial score (nSPS) is 18.2.